The third-order valence-corrected chi connectivity index (χ3v) is 3.78. The second-order valence-electron chi connectivity index (χ2n) is 5.10. The number of carbonyl (C=O) groups excluding carboxylic acids is 1. The highest BCUT2D eigenvalue weighted by atomic mass is 19.1. The van der Waals surface area contributed by atoms with Crippen molar-refractivity contribution in [3.8, 4) is 0 Å². The van der Waals surface area contributed by atoms with E-state index in [0.29, 0.717) is 6.61 Å². The lowest BCUT2D eigenvalue weighted by atomic mass is 10.00. The maximum Gasteiger partial charge on any atom is 0.229 e. The van der Waals surface area contributed by atoms with E-state index in [4.69, 9.17) is 10.5 Å². The van der Waals surface area contributed by atoms with E-state index in [0.717, 1.165) is 18.2 Å². The maximum atomic E-state index is 13.7. The number of amides is 1. The van der Waals surface area contributed by atoms with Crippen molar-refractivity contribution in [3.63, 3.8) is 0 Å². The average molecular weight is 284 g/mol. The van der Waals surface area contributed by atoms with Gasteiger partial charge in [-0.1, -0.05) is 0 Å². The summed E-state index contributed by atoms with van der Waals surface area (Å²) in [5.74, 6) is -1.72. The van der Waals surface area contributed by atoms with Crippen LogP contribution < -0.4 is 5.73 Å². The van der Waals surface area contributed by atoms with E-state index in [-0.39, 0.29) is 24.1 Å². The summed E-state index contributed by atoms with van der Waals surface area (Å²) in [4.78, 5) is 13.7. The Hall–Kier alpha value is -1.53. The van der Waals surface area contributed by atoms with Crippen molar-refractivity contribution < 1.29 is 18.3 Å². The summed E-state index contributed by atoms with van der Waals surface area (Å²) in [6.07, 6.45) is 0. The molecular formula is C14H18F2N2O2. The first-order valence-corrected chi connectivity index (χ1v) is 6.46. The van der Waals surface area contributed by atoms with E-state index < -0.39 is 23.6 Å². The molecule has 0 bridgehead atoms. The number of rotatable bonds is 3. The fraction of sp³-hybridized carbons (Fsp3) is 0.500. The molecule has 0 spiro atoms. The van der Waals surface area contributed by atoms with Crippen LogP contribution in [0, 0.1) is 17.6 Å². The van der Waals surface area contributed by atoms with E-state index >= 15 is 0 Å². The van der Waals surface area contributed by atoms with Crippen LogP contribution in [0.15, 0.2) is 18.2 Å². The summed E-state index contributed by atoms with van der Waals surface area (Å²) in [6, 6.07) is 2.29. The first-order valence-electron chi connectivity index (χ1n) is 6.46. The fourth-order valence-electron chi connectivity index (χ4n) is 2.32. The van der Waals surface area contributed by atoms with Crippen molar-refractivity contribution in [2.24, 2.45) is 11.7 Å². The smallest absolute Gasteiger partial charge is 0.229 e. The number of benzene rings is 1. The van der Waals surface area contributed by atoms with Gasteiger partial charge in [0, 0.05) is 18.7 Å². The molecule has 1 fully saturated rings. The van der Waals surface area contributed by atoms with Crippen LogP contribution in [0.25, 0.3) is 0 Å². The van der Waals surface area contributed by atoms with Gasteiger partial charge in [-0.25, -0.2) is 8.78 Å². The number of carbonyl (C=O) groups is 1. The Morgan fingerprint density at radius 1 is 1.45 bits per heavy atom. The van der Waals surface area contributed by atoms with Gasteiger partial charge in [-0.2, -0.15) is 0 Å². The molecule has 1 aromatic carbocycles. The molecule has 110 valence electrons. The number of nitrogens with two attached hydrogens (primary N) is 1. The van der Waals surface area contributed by atoms with Crippen molar-refractivity contribution >= 4 is 5.91 Å². The van der Waals surface area contributed by atoms with Gasteiger partial charge in [0.1, 0.15) is 11.6 Å². The van der Waals surface area contributed by atoms with Gasteiger partial charge in [-0.05, 0) is 25.1 Å². The zero-order valence-electron chi connectivity index (χ0n) is 11.5. The molecule has 1 saturated heterocycles. The monoisotopic (exact) mass is 284 g/mol. The van der Waals surface area contributed by atoms with Crippen LogP contribution in [0.4, 0.5) is 8.78 Å². The van der Waals surface area contributed by atoms with Gasteiger partial charge in [0.15, 0.2) is 0 Å². The Balaban J connectivity index is 2.17. The van der Waals surface area contributed by atoms with Gasteiger partial charge >= 0.3 is 0 Å². The fourth-order valence-corrected chi connectivity index (χ4v) is 2.32. The number of hydrogen-bond acceptors (Lipinski definition) is 3. The highest BCUT2D eigenvalue weighted by molar-refractivity contribution is 5.80. The van der Waals surface area contributed by atoms with E-state index in [1.165, 1.54) is 4.90 Å². The molecule has 6 heteroatoms. The summed E-state index contributed by atoms with van der Waals surface area (Å²) in [5, 5.41) is 0. The standard InChI is InChI=1S/C14H18F2N2O2/c1-8(10-5-9(15)3-4-12(10)16)18(2)14(19)11-6-20-7-13(11)17/h3-5,8,11,13H,6-7,17H2,1-2H3. The lowest BCUT2D eigenvalue weighted by molar-refractivity contribution is -0.136. The summed E-state index contributed by atoms with van der Waals surface area (Å²) in [5.41, 5.74) is 5.95. The van der Waals surface area contributed by atoms with Gasteiger partial charge < -0.3 is 15.4 Å². The predicted molar refractivity (Wildman–Crippen MR) is 69.8 cm³/mol. The molecular weight excluding hydrogens is 266 g/mol. The molecule has 2 rings (SSSR count). The maximum absolute atomic E-state index is 13.7. The molecule has 3 unspecified atom stereocenters. The highest BCUT2D eigenvalue weighted by Gasteiger charge is 2.35. The Kier molecular flexibility index (Phi) is 4.35. The first kappa shape index (κ1) is 14.9. The van der Waals surface area contributed by atoms with Crippen molar-refractivity contribution in [2.75, 3.05) is 20.3 Å². The first-order chi connectivity index (χ1) is 9.41. The topological polar surface area (TPSA) is 55.6 Å². The third-order valence-electron chi connectivity index (χ3n) is 3.78. The minimum atomic E-state index is -0.578. The number of hydrogen-bond donors (Lipinski definition) is 1. The highest BCUT2D eigenvalue weighted by Crippen LogP contribution is 2.25. The van der Waals surface area contributed by atoms with Crippen molar-refractivity contribution in [1.29, 1.82) is 0 Å². The second-order valence-corrected chi connectivity index (χ2v) is 5.10. The molecule has 4 nitrogen and oxygen atoms in total. The molecule has 0 saturated carbocycles. The van der Waals surface area contributed by atoms with Crippen molar-refractivity contribution in [3.05, 3.63) is 35.4 Å². The molecule has 0 aliphatic carbocycles. The molecule has 0 aromatic heterocycles. The van der Waals surface area contributed by atoms with Gasteiger partial charge in [0.2, 0.25) is 5.91 Å². The molecule has 1 aliphatic heterocycles. The van der Waals surface area contributed by atoms with E-state index in [1.54, 1.807) is 14.0 Å². The summed E-state index contributed by atoms with van der Waals surface area (Å²) < 4.78 is 32.1. The van der Waals surface area contributed by atoms with Gasteiger partial charge in [0.05, 0.1) is 25.2 Å². The van der Waals surface area contributed by atoms with E-state index in [9.17, 15) is 13.6 Å². The quantitative estimate of drug-likeness (QED) is 0.914. The van der Waals surface area contributed by atoms with Crippen LogP contribution in [0.3, 0.4) is 0 Å². The number of nitrogens with zero attached hydrogens (tertiary/aromatic N) is 1. The molecule has 20 heavy (non-hydrogen) atoms. The SMILES string of the molecule is CC(c1cc(F)ccc1F)N(C)C(=O)C1COCC1N. The van der Waals surface area contributed by atoms with Gasteiger partial charge in [0.25, 0.3) is 0 Å². The van der Waals surface area contributed by atoms with Gasteiger partial charge in [-0.15, -0.1) is 0 Å². The Morgan fingerprint density at radius 2 is 2.15 bits per heavy atom. The van der Waals surface area contributed by atoms with Crippen molar-refractivity contribution in [2.45, 2.75) is 19.0 Å². The molecule has 3 atom stereocenters. The van der Waals surface area contributed by atoms with Crippen LogP contribution in [0.1, 0.15) is 18.5 Å². The van der Waals surface area contributed by atoms with E-state index in [2.05, 4.69) is 0 Å². The number of halogens is 2. The minimum absolute atomic E-state index is 0.147. The molecule has 0 radical (unpaired) electrons. The van der Waals surface area contributed by atoms with E-state index in [1.807, 2.05) is 0 Å². The molecule has 1 amide bonds. The third kappa shape index (κ3) is 2.81. The van der Waals surface area contributed by atoms with Crippen molar-refractivity contribution in [1.82, 2.24) is 4.90 Å². The zero-order chi connectivity index (χ0) is 14.9. The summed E-state index contributed by atoms with van der Waals surface area (Å²) in [7, 11) is 1.56. The van der Waals surface area contributed by atoms with Crippen LogP contribution in [0.2, 0.25) is 0 Å². The average Bonchev–Trinajstić information content (AvgIpc) is 2.85. The Bertz CT molecular complexity index is 510. The van der Waals surface area contributed by atoms with Gasteiger partial charge in [-0.3, -0.25) is 4.79 Å². The normalized spacial score (nSPS) is 23.6. The zero-order valence-corrected chi connectivity index (χ0v) is 11.5. The Labute approximate surface area is 116 Å². The second kappa shape index (κ2) is 5.85. The summed E-state index contributed by atoms with van der Waals surface area (Å²) >= 11 is 0. The molecule has 1 aromatic rings. The van der Waals surface area contributed by atoms with Crippen LogP contribution in [-0.4, -0.2) is 37.1 Å². The lowest BCUT2D eigenvalue weighted by Crippen LogP contribution is -2.43. The van der Waals surface area contributed by atoms with Crippen LogP contribution in [-0.2, 0) is 9.53 Å². The lowest BCUT2D eigenvalue weighted by Gasteiger charge is -2.28. The molecule has 1 heterocycles. The minimum Gasteiger partial charge on any atom is -0.379 e. The largest absolute Gasteiger partial charge is 0.379 e. The summed E-state index contributed by atoms with van der Waals surface area (Å²) in [6.45, 7) is 2.26. The molecule has 1 aliphatic rings. The molecule has 2 N–H and O–H groups in total. The Morgan fingerprint density at radius 3 is 2.75 bits per heavy atom. The number of ether oxygens (including phenoxy) is 1. The van der Waals surface area contributed by atoms with Crippen LogP contribution >= 0.6 is 0 Å². The predicted octanol–water partition coefficient (Wildman–Crippen LogP) is 1.46. The van der Waals surface area contributed by atoms with Crippen LogP contribution in [0.5, 0.6) is 0 Å².